The summed E-state index contributed by atoms with van der Waals surface area (Å²) in [7, 11) is 0.553. The van der Waals surface area contributed by atoms with Gasteiger partial charge in [0, 0.05) is 17.4 Å². The number of nitrogens with one attached hydrogen (secondary N) is 1. The molecule has 10 heteroatoms. The number of amides is 2. The number of aliphatic hydroxyl groups excluding tert-OH is 1. The van der Waals surface area contributed by atoms with Crippen molar-refractivity contribution < 1.29 is 14.6 Å². The molecule has 4 aromatic rings. The van der Waals surface area contributed by atoms with Crippen molar-refractivity contribution in [3.63, 3.8) is 0 Å². The molecule has 1 aromatic heterocycles. The average Bonchev–Trinajstić information content (AvgIpc) is 3.01. The number of hydrogen-bond acceptors (Lipinski definition) is 5. The van der Waals surface area contributed by atoms with E-state index >= 15 is 0 Å². The third-order valence-corrected chi connectivity index (χ3v) is 12.8. The second-order valence-corrected chi connectivity index (χ2v) is 16.0. The second kappa shape index (κ2) is 15.6. The second-order valence-electron chi connectivity index (χ2n) is 11.3. The Hall–Kier alpha value is -3.30. The monoisotopic (exact) mass is 656 g/mol. The van der Waals surface area contributed by atoms with E-state index in [1.807, 2.05) is 0 Å². The van der Waals surface area contributed by atoms with Crippen molar-refractivity contribution in [1.29, 1.82) is 0 Å². The Morgan fingerprint density at radius 1 is 0.955 bits per heavy atom. The summed E-state index contributed by atoms with van der Waals surface area (Å²) in [5, 5.41) is 12.2. The van der Waals surface area contributed by atoms with Crippen LogP contribution >= 0.6 is 33.2 Å². The van der Waals surface area contributed by atoms with Crippen LogP contribution in [0.1, 0.15) is 46.2 Å². The quantitative estimate of drug-likeness (QED) is 0.146. The first kappa shape index (κ1) is 35.2. The normalized spacial score (nSPS) is 13.1. The zero-order valence-corrected chi connectivity index (χ0v) is 28.6. The first-order valence-electron chi connectivity index (χ1n) is 14.2. The molecule has 2 N–H and O–H groups in total. The van der Waals surface area contributed by atoms with Gasteiger partial charge in [0.1, 0.15) is 10.9 Å². The number of carbonyl (C=O) groups is 1. The van der Waals surface area contributed by atoms with E-state index in [0.29, 0.717) is 17.0 Å². The first-order chi connectivity index (χ1) is 20.8. The lowest BCUT2D eigenvalue weighted by molar-refractivity contribution is 0.223. The number of aliphatic hydroxyl groups is 1. The van der Waals surface area contributed by atoms with Gasteiger partial charge in [0.2, 0.25) is 5.28 Å². The van der Waals surface area contributed by atoms with Gasteiger partial charge >= 0.3 is 6.03 Å². The number of hydrogen-bond donors (Lipinski definition) is 2. The molecule has 0 saturated heterocycles. The van der Waals surface area contributed by atoms with Crippen molar-refractivity contribution in [3.05, 3.63) is 107 Å². The summed E-state index contributed by atoms with van der Waals surface area (Å²) in [4.78, 5) is 25.1. The molecule has 0 fully saturated rings. The van der Waals surface area contributed by atoms with Crippen LogP contribution in [0.4, 0.5) is 10.5 Å². The fraction of sp³-hybridized carbons (Fsp3) is 0.324. The van der Waals surface area contributed by atoms with Crippen LogP contribution in [-0.4, -0.2) is 51.9 Å². The molecule has 1 heterocycles. The predicted molar refractivity (Wildman–Crippen MR) is 184 cm³/mol. The van der Waals surface area contributed by atoms with Crippen LogP contribution in [0, 0.1) is 0 Å². The molecule has 44 heavy (non-hydrogen) atoms. The highest BCUT2D eigenvalue weighted by atomic mass is 35.5. The van der Waals surface area contributed by atoms with Gasteiger partial charge in [-0.15, -0.1) is 0 Å². The fourth-order valence-electron chi connectivity index (χ4n) is 4.58. The minimum Gasteiger partial charge on any atom is -0.497 e. The SMILES string of the molecule is CC(C)(C)S(C)(c1ccccc1)c1ccccc1.COc1ccc(N(C(=O)NC(C)CO)[C@@H](C)c2cnc(Cl)nc2Cl)cc1. The lowest BCUT2D eigenvalue weighted by Crippen LogP contribution is -2.46. The van der Waals surface area contributed by atoms with Gasteiger partial charge in [-0.05, 0) is 94.8 Å². The number of benzene rings is 3. The molecule has 1 unspecified atom stereocenters. The standard InChI is InChI=1S/C17H20Cl2N4O3.C17H22S/c1-10(9-24)21-17(25)23(12-4-6-13(26-3)7-5-12)11(2)14-8-20-16(19)22-15(14)18;1-17(2,3)18(4,15-11-7-5-8-12-15)16-13-9-6-10-14-16/h4-8,10-11,24H,9H2,1-3H3,(H,21,25);5-14H,1-4H3/t10?,11-;/m0./s1. The predicted octanol–water partition coefficient (Wildman–Crippen LogP) is 8.79. The summed E-state index contributed by atoms with van der Waals surface area (Å²) >= 11 is 11.9. The van der Waals surface area contributed by atoms with Crippen molar-refractivity contribution >= 4 is 44.9 Å². The molecule has 0 aliphatic carbocycles. The summed E-state index contributed by atoms with van der Waals surface area (Å²) in [6, 6.07) is 27.6. The number of halogens is 2. The molecule has 0 spiro atoms. The van der Waals surface area contributed by atoms with E-state index in [2.05, 4.69) is 103 Å². The molecule has 4 rings (SSSR count). The van der Waals surface area contributed by atoms with E-state index in [9.17, 15) is 9.90 Å². The zero-order chi connectivity index (χ0) is 32.5. The Bertz CT molecular complexity index is 1450. The molecule has 2 atom stereocenters. The van der Waals surface area contributed by atoms with Crippen LogP contribution in [-0.2, 0) is 0 Å². The van der Waals surface area contributed by atoms with Crippen molar-refractivity contribution in [2.45, 2.75) is 61.2 Å². The Kier molecular flexibility index (Phi) is 12.5. The van der Waals surface area contributed by atoms with Crippen LogP contribution in [0.25, 0.3) is 0 Å². The van der Waals surface area contributed by atoms with E-state index < -0.39 is 28.1 Å². The summed E-state index contributed by atoms with van der Waals surface area (Å²) in [5.41, 5.74) is 1.16. The van der Waals surface area contributed by atoms with Crippen molar-refractivity contribution in [2.24, 2.45) is 0 Å². The molecule has 236 valence electrons. The highest BCUT2D eigenvalue weighted by molar-refractivity contribution is 8.34. The number of carbonyl (C=O) groups excluding carboxylic acids is 1. The highest BCUT2D eigenvalue weighted by Gasteiger charge is 2.35. The molecule has 0 saturated carbocycles. The number of aromatic nitrogens is 2. The number of ether oxygens (including phenoxy) is 1. The molecule has 0 radical (unpaired) electrons. The lowest BCUT2D eigenvalue weighted by Gasteiger charge is -2.48. The Morgan fingerprint density at radius 2 is 1.48 bits per heavy atom. The molecule has 2 amide bonds. The Labute approximate surface area is 272 Å². The average molecular weight is 658 g/mol. The van der Waals surface area contributed by atoms with Crippen molar-refractivity contribution in [2.75, 3.05) is 24.9 Å². The van der Waals surface area contributed by atoms with Crippen LogP contribution in [0.2, 0.25) is 10.4 Å². The van der Waals surface area contributed by atoms with E-state index in [4.69, 9.17) is 27.9 Å². The van der Waals surface area contributed by atoms with Gasteiger partial charge in [0.05, 0.1) is 25.8 Å². The zero-order valence-electron chi connectivity index (χ0n) is 26.3. The van der Waals surface area contributed by atoms with Gasteiger partial charge in [0.25, 0.3) is 0 Å². The summed E-state index contributed by atoms with van der Waals surface area (Å²) in [5.74, 6) is 0.665. The Morgan fingerprint density at radius 3 is 1.91 bits per heavy atom. The highest BCUT2D eigenvalue weighted by Crippen LogP contribution is 2.67. The van der Waals surface area contributed by atoms with E-state index in [0.717, 1.165) is 0 Å². The Balaban J connectivity index is 0.000000257. The minimum atomic E-state index is -1.01. The fourth-order valence-corrected chi connectivity index (χ4v) is 8.14. The van der Waals surface area contributed by atoms with Gasteiger partial charge in [-0.2, -0.15) is 10.0 Å². The third kappa shape index (κ3) is 8.45. The van der Waals surface area contributed by atoms with Gasteiger partial charge < -0.3 is 15.2 Å². The van der Waals surface area contributed by atoms with Crippen molar-refractivity contribution in [3.8, 4) is 5.75 Å². The summed E-state index contributed by atoms with van der Waals surface area (Å²) < 4.78 is 5.41. The van der Waals surface area contributed by atoms with Crippen molar-refractivity contribution in [1.82, 2.24) is 15.3 Å². The van der Waals surface area contributed by atoms with Crippen LogP contribution in [0.5, 0.6) is 5.75 Å². The van der Waals surface area contributed by atoms with E-state index in [1.54, 1.807) is 45.2 Å². The minimum absolute atomic E-state index is 0.0281. The smallest absolute Gasteiger partial charge is 0.322 e. The van der Waals surface area contributed by atoms with Gasteiger partial charge in [-0.1, -0.05) is 68.8 Å². The number of urea groups is 1. The number of rotatable bonds is 8. The van der Waals surface area contributed by atoms with E-state index in [1.165, 1.54) is 20.9 Å². The number of anilines is 1. The molecule has 7 nitrogen and oxygen atoms in total. The van der Waals surface area contributed by atoms with Gasteiger partial charge in [-0.25, -0.2) is 14.8 Å². The maximum Gasteiger partial charge on any atom is 0.322 e. The van der Waals surface area contributed by atoms with Crippen LogP contribution in [0.15, 0.2) is 101 Å². The molecular formula is C34H42Cl2N4O3S. The largest absolute Gasteiger partial charge is 0.497 e. The van der Waals surface area contributed by atoms with Gasteiger partial charge in [-0.3, -0.25) is 4.90 Å². The van der Waals surface area contributed by atoms with Crippen LogP contribution < -0.4 is 15.0 Å². The topological polar surface area (TPSA) is 87.6 Å². The van der Waals surface area contributed by atoms with Gasteiger partial charge in [0.15, 0.2) is 0 Å². The molecule has 0 aliphatic rings. The molecular weight excluding hydrogens is 615 g/mol. The maximum absolute atomic E-state index is 12.8. The van der Waals surface area contributed by atoms with E-state index in [-0.39, 0.29) is 21.8 Å². The maximum atomic E-state index is 12.8. The summed E-state index contributed by atoms with van der Waals surface area (Å²) in [6.07, 6.45) is 3.92. The molecule has 0 bridgehead atoms. The summed E-state index contributed by atoms with van der Waals surface area (Å²) in [6.45, 7) is 10.4. The number of methoxy groups -OCH3 is 1. The first-order valence-corrected chi connectivity index (χ1v) is 17.0. The molecule has 0 aliphatic heterocycles. The van der Waals surface area contributed by atoms with Crippen LogP contribution in [0.3, 0.4) is 0 Å². The third-order valence-electron chi connectivity index (χ3n) is 7.44. The lowest BCUT2D eigenvalue weighted by atomic mass is 10.1. The number of nitrogens with zero attached hydrogens (tertiary/aromatic N) is 3. The molecule has 3 aromatic carbocycles.